The van der Waals surface area contributed by atoms with Gasteiger partial charge in [0.2, 0.25) is 10.0 Å². The van der Waals surface area contributed by atoms with Crippen molar-refractivity contribution in [3.63, 3.8) is 0 Å². The highest BCUT2D eigenvalue weighted by Crippen LogP contribution is 2.23. The molecule has 0 aromatic heterocycles. The molecule has 0 saturated heterocycles. The average Bonchev–Trinajstić information content (AvgIpc) is 2.52. The van der Waals surface area contributed by atoms with Gasteiger partial charge in [-0.15, -0.1) is 0 Å². The van der Waals surface area contributed by atoms with E-state index in [2.05, 4.69) is 0 Å². The van der Waals surface area contributed by atoms with Crippen LogP contribution in [0.3, 0.4) is 0 Å². The molecular formula is C14H17Cl2N3O5S2. The molecule has 0 radical (unpaired) electrons. The molecule has 0 saturated carbocycles. The number of nitrogens with two attached hydrogens (primary N) is 2. The molecule has 5 N–H and O–H groups in total. The lowest BCUT2D eigenvalue weighted by molar-refractivity contribution is 0.483. The molecule has 2 aromatic rings. The Hall–Kier alpha value is -1.56. The van der Waals surface area contributed by atoms with Gasteiger partial charge in [-0.05, 0) is 36.4 Å². The van der Waals surface area contributed by atoms with Crippen LogP contribution in [0, 0.1) is 0 Å². The maximum Gasteiger partial charge on any atom is 0.294 e. The lowest BCUT2D eigenvalue weighted by Gasteiger charge is -2.11. The molecule has 0 aliphatic carbocycles. The van der Waals surface area contributed by atoms with Gasteiger partial charge in [-0.1, -0.05) is 23.2 Å². The van der Waals surface area contributed by atoms with Gasteiger partial charge in [0.15, 0.2) is 0 Å². The number of sulfonamides is 1. The van der Waals surface area contributed by atoms with E-state index >= 15 is 0 Å². The Bertz CT molecular complexity index is 1010. The number of nitrogen functional groups attached to an aromatic ring is 2. The number of rotatable bonds is 3. The third kappa shape index (κ3) is 5.73. The van der Waals surface area contributed by atoms with E-state index in [0.717, 1.165) is 10.4 Å². The Balaban J connectivity index is 0.000000263. The van der Waals surface area contributed by atoms with E-state index < -0.39 is 20.1 Å². The smallest absolute Gasteiger partial charge is 0.294 e. The van der Waals surface area contributed by atoms with Crippen molar-refractivity contribution in [1.29, 1.82) is 0 Å². The van der Waals surface area contributed by atoms with Crippen LogP contribution < -0.4 is 11.5 Å². The molecule has 144 valence electrons. The van der Waals surface area contributed by atoms with Crippen molar-refractivity contribution in [3.8, 4) is 0 Å². The van der Waals surface area contributed by atoms with E-state index in [9.17, 15) is 16.8 Å². The summed E-state index contributed by atoms with van der Waals surface area (Å²) in [6.07, 6.45) is 0. The van der Waals surface area contributed by atoms with Gasteiger partial charge in [-0.3, -0.25) is 4.55 Å². The van der Waals surface area contributed by atoms with E-state index in [-0.39, 0.29) is 26.2 Å². The lowest BCUT2D eigenvalue weighted by atomic mass is 10.3. The molecule has 0 atom stereocenters. The van der Waals surface area contributed by atoms with Crippen molar-refractivity contribution in [3.05, 3.63) is 46.4 Å². The molecule has 2 aromatic carbocycles. The zero-order valence-electron chi connectivity index (χ0n) is 13.7. The first-order valence-corrected chi connectivity index (χ1v) is 10.4. The first-order valence-electron chi connectivity index (χ1n) is 6.77. The van der Waals surface area contributed by atoms with Crippen molar-refractivity contribution in [2.45, 2.75) is 9.79 Å². The molecule has 0 bridgehead atoms. The third-order valence-electron chi connectivity index (χ3n) is 3.02. The van der Waals surface area contributed by atoms with Crippen LogP contribution in [0.2, 0.25) is 10.0 Å². The summed E-state index contributed by atoms with van der Waals surface area (Å²) in [6.45, 7) is 0. The number of hydrogen-bond acceptors (Lipinski definition) is 6. The Morgan fingerprint density at radius 1 is 0.846 bits per heavy atom. The minimum Gasteiger partial charge on any atom is -0.398 e. The Kier molecular flexibility index (Phi) is 7.28. The molecule has 0 aliphatic rings. The van der Waals surface area contributed by atoms with Gasteiger partial charge in [0.25, 0.3) is 10.1 Å². The average molecular weight is 442 g/mol. The second-order valence-electron chi connectivity index (χ2n) is 5.13. The maximum absolute atomic E-state index is 11.6. The van der Waals surface area contributed by atoms with E-state index in [0.29, 0.717) is 5.02 Å². The number of halogens is 2. The molecule has 0 amide bonds. The summed E-state index contributed by atoms with van der Waals surface area (Å²) in [5.74, 6) is 0. The Morgan fingerprint density at radius 3 is 1.81 bits per heavy atom. The summed E-state index contributed by atoms with van der Waals surface area (Å²) in [5.41, 5.74) is 11.4. The molecule has 8 nitrogen and oxygen atoms in total. The summed E-state index contributed by atoms with van der Waals surface area (Å²) in [5, 5.41) is 0.452. The zero-order chi connectivity index (χ0) is 20.3. The van der Waals surface area contributed by atoms with Gasteiger partial charge in [-0.25, -0.2) is 12.7 Å². The SMILES string of the molecule is CN(C)S(=O)(=O)c1ccc(Cl)c(N)c1.Nc1ccc(S(=O)(=O)O)cc1Cl. The van der Waals surface area contributed by atoms with Gasteiger partial charge < -0.3 is 11.5 Å². The first-order chi connectivity index (χ1) is 11.8. The van der Waals surface area contributed by atoms with Crippen molar-refractivity contribution in [2.75, 3.05) is 25.6 Å². The molecule has 0 aliphatic heterocycles. The molecule has 26 heavy (non-hydrogen) atoms. The van der Waals surface area contributed by atoms with E-state index in [1.165, 1.54) is 44.4 Å². The van der Waals surface area contributed by atoms with Crippen LogP contribution in [0.5, 0.6) is 0 Å². The van der Waals surface area contributed by atoms with Gasteiger partial charge in [0.1, 0.15) is 0 Å². The fraction of sp³-hybridized carbons (Fsp3) is 0.143. The normalized spacial score (nSPS) is 11.8. The van der Waals surface area contributed by atoms with E-state index in [1.807, 2.05) is 0 Å². The van der Waals surface area contributed by atoms with Crippen LogP contribution in [0.4, 0.5) is 11.4 Å². The predicted octanol–water partition coefficient (Wildman–Crippen LogP) is 2.34. The highest BCUT2D eigenvalue weighted by Gasteiger charge is 2.17. The maximum atomic E-state index is 11.6. The van der Waals surface area contributed by atoms with Crippen molar-refractivity contribution in [1.82, 2.24) is 4.31 Å². The summed E-state index contributed by atoms with van der Waals surface area (Å²) in [4.78, 5) is -0.119. The summed E-state index contributed by atoms with van der Waals surface area (Å²) in [6, 6.07) is 7.81. The first kappa shape index (κ1) is 22.5. The standard InChI is InChI=1S/C8H11ClN2O2S.C6H6ClNO3S/c1-11(2)14(12,13)6-3-4-7(9)8(10)5-6;7-5-3-4(12(9,10)11)1-2-6(5)8/h3-5H,10H2,1-2H3;1-3H,8H2,(H,9,10,11). The molecular weight excluding hydrogens is 425 g/mol. The number of nitrogens with zero attached hydrogens (tertiary/aromatic N) is 1. The van der Waals surface area contributed by atoms with Gasteiger partial charge in [0, 0.05) is 14.1 Å². The topological polar surface area (TPSA) is 144 Å². The highest BCUT2D eigenvalue weighted by atomic mass is 35.5. The molecule has 0 heterocycles. The third-order valence-corrected chi connectivity index (χ3v) is 6.35. The second-order valence-corrected chi connectivity index (χ2v) is 9.52. The summed E-state index contributed by atoms with van der Waals surface area (Å²) >= 11 is 11.2. The van der Waals surface area contributed by atoms with Crippen molar-refractivity contribution < 1.29 is 21.4 Å². The van der Waals surface area contributed by atoms with Crippen LogP contribution in [0.15, 0.2) is 46.2 Å². The molecule has 12 heteroatoms. The minimum absolute atomic E-state index is 0.102. The monoisotopic (exact) mass is 441 g/mol. The molecule has 0 unspecified atom stereocenters. The van der Waals surface area contributed by atoms with Crippen LogP contribution in [0.1, 0.15) is 0 Å². The van der Waals surface area contributed by atoms with Crippen molar-refractivity contribution >= 4 is 54.7 Å². The van der Waals surface area contributed by atoms with Crippen molar-refractivity contribution in [2.24, 2.45) is 0 Å². The quantitative estimate of drug-likeness (QED) is 0.489. The predicted molar refractivity (Wildman–Crippen MR) is 102 cm³/mol. The van der Waals surface area contributed by atoms with Crippen LogP contribution in [-0.2, 0) is 20.1 Å². The molecule has 0 spiro atoms. The summed E-state index contributed by atoms with van der Waals surface area (Å²) in [7, 11) is -4.69. The lowest BCUT2D eigenvalue weighted by Crippen LogP contribution is -2.22. The fourth-order valence-electron chi connectivity index (χ4n) is 1.56. The highest BCUT2D eigenvalue weighted by molar-refractivity contribution is 7.89. The van der Waals surface area contributed by atoms with E-state index in [1.54, 1.807) is 0 Å². The van der Waals surface area contributed by atoms with Gasteiger partial charge in [-0.2, -0.15) is 8.42 Å². The van der Waals surface area contributed by atoms with Crippen LogP contribution in [0.25, 0.3) is 0 Å². The summed E-state index contributed by atoms with van der Waals surface area (Å²) < 4.78 is 54.0. The largest absolute Gasteiger partial charge is 0.398 e. The number of hydrogen-bond donors (Lipinski definition) is 3. The van der Waals surface area contributed by atoms with Gasteiger partial charge >= 0.3 is 0 Å². The minimum atomic E-state index is -4.18. The van der Waals surface area contributed by atoms with Crippen LogP contribution in [-0.4, -0.2) is 39.8 Å². The molecule has 0 fully saturated rings. The van der Waals surface area contributed by atoms with Gasteiger partial charge in [0.05, 0.1) is 31.2 Å². The molecule has 2 rings (SSSR count). The Morgan fingerprint density at radius 2 is 1.38 bits per heavy atom. The number of benzene rings is 2. The van der Waals surface area contributed by atoms with E-state index in [4.69, 9.17) is 39.2 Å². The van der Waals surface area contributed by atoms with Crippen LogP contribution >= 0.6 is 23.2 Å². The second kappa shape index (κ2) is 8.42. The Labute approximate surface area is 162 Å². The zero-order valence-corrected chi connectivity index (χ0v) is 16.9. The number of anilines is 2. The fourth-order valence-corrected chi connectivity index (χ4v) is 3.37.